The van der Waals surface area contributed by atoms with Crippen molar-refractivity contribution in [1.29, 1.82) is 0 Å². The van der Waals surface area contributed by atoms with Gasteiger partial charge in [-0.3, -0.25) is 9.88 Å². The lowest BCUT2D eigenvalue weighted by molar-refractivity contribution is 0.199. The normalized spacial score (nSPS) is 18.2. The number of rotatable bonds is 4. The van der Waals surface area contributed by atoms with Crippen LogP contribution < -0.4 is 5.73 Å². The maximum atomic E-state index is 14.4. The summed E-state index contributed by atoms with van der Waals surface area (Å²) in [4.78, 5) is 6.37. The van der Waals surface area contributed by atoms with Gasteiger partial charge in [-0.15, -0.1) is 5.10 Å². The molecule has 1 atom stereocenters. The lowest BCUT2D eigenvalue weighted by Crippen LogP contribution is -2.42. The summed E-state index contributed by atoms with van der Waals surface area (Å²) >= 11 is 0. The van der Waals surface area contributed by atoms with Crippen LogP contribution in [0.5, 0.6) is 0 Å². The van der Waals surface area contributed by atoms with Crippen LogP contribution in [-0.2, 0) is 6.54 Å². The molecular weight excluding hydrogens is 331 g/mol. The molecule has 2 N–H and O–H groups in total. The molecule has 6 nitrogen and oxygen atoms in total. The predicted octanol–water partition coefficient (Wildman–Crippen LogP) is 2.39. The molecule has 1 fully saturated rings. The molecule has 0 bridgehead atoms. The fraction of sp³-hybridized carbons (Fsp3) is 0.316. The van der Waals surface area contributed by atoms with Gasteiger partial charge in [0, 0.05) is 37.1 Å². The molecule has 26 heavy (non-hydrogen) atoms. The van der Waals surface area contributed by atoms with Gasteiger partial charge in [0.2, 0.25) is 0 Å². The molecule has 0 saturated carbocycles. The third kappa shape index (κ3) is 3.36. The number of halogens is 1. The first-order valence-corrected chi connectivity index (χ1v) is 8.80. The van der Waals surface area contributed by atoms with Crippen molar-refractivity contribution >= 4 is 0 Å². The quantitative estimate of drug-likeness (QED) is 0.780. The van der Waals surface area contributed by atoms with Crippen LogP contribution in [0, 0.1) is 5.82 Å². The number of likely N-dealkylation sites (tertiary alicyclic amines) is 1. The van der Waals surface area contributed by atoms with Crippen LogP contribution in [0.15, 0.2) is 48.8 Å². The molecule has 0 aliphatic carbocycles. The first-order valence-electron chi connectivity index (χ1n) is 8.80. The van der Waals surface area contributed by atoms with Crippen molar-refractivity contribution in [3.63, 3.8) is 0 Å². The Bertz CT molecular complexity index is 879. The second kappa shape index (κ2) is 7.31. The van der Waals surface area contributed by atoms with Crippen molar-refractivity contribution in [3.05, 3.63) is 60.3 Å². The van der Waals surface area contributed by atoms with Gasteiger partial charge < -0.3 is 5.73 Å². The summed E-state index contributed by atoms with van der Waals surface area (Å²) in [6.45, 7) is 2.46. The molecule has 0 amide bonds. The largest absolute Gasteiger partial charge is 0.327 e. The molecule has 1 aromatic carbocycles. The van der Waals surface area contributed by atoms with Crippen molar-refractivity contribution in [2.24, 2.45) is 5.73 Å². The second-order valence-corrected chi connectivity index (χ2v) is 6.62. The van der Waals surface area contributed by atoms with Crippen LogP contribution in [0.1, 0.15) is 18.5 Å². The lowest BCUT2D eigenvalue weighted by Gasteiger charge is -2.30. The summed E-state index contributed by atoms with van der Waals surface area (Å²) in [6.07, 6.45) is 5.56. The van der Waals surface area contributed by atoms with Crippen molar-refractivity contribution in [1.82, 2.24) is 24.9 Å². The highest BCUT2D eigenvalue weighted by Gasteiger charge is 2.23. The van der Waals surface area contributed by atoms with Crippen molar-refractivity contribution in [2.45, 2.75) is 25.4 Å². The Balaban J connectivity index is 1.76. The van der Waals surface area contributed by atoms with Crippen LogP contribution in [0.3, 0.4) is 0 Å². The average Bonchev–Trinajstić information content (AvgIpc) is 3.06. The summed E-state index contributed by atoms with van der Waals surface area (Å²) in [7, 11) is 0. The van der Waals surface area contributed by atoms with Gasteiger partial charge in [0.25, 0.3) is 0 Å². The van der Waals surface area contributed by atoms with Gasteiger partial charge in [0.1, 0.15) is 17.2 Å². The Morgan fingerprint density at radius 2 is 1.96 bits per heavy atom. The van der Waals surface area contributed by atoms with E-state index >= 15 is 0 Å². The molecule has 1 saturated heterocycles. The summed E-state index contributed by atoms with van der Waals surface area (Å²) in [6, 6.07) is 10.6. The van der Waals surface area contributed by atoms with E-state index in [4.69, 9.17) is 5.73 Å². The highest BCUT2D eigenvalue weighted by atomic mass is 19.1. The van der Waals surface area contributed by atoms with E-state index in [0.29, 0.717) is 12.2 Å². The summed E-state index contributed by atoms with van der Waals surface area (Å²) in [5, 5.41) is 8.63. The number of nitrogens with zero attached hydrogens (tertiary/aromatic N) is 5. The Morgan fingerprint density at radius 3 is 2.73 bits per heavy atom. The van der Waals surface area contributed by atoms with E-state index in [1.807, 2.05) is 12.1 Å². The Labute approximate surface area is 151 Å². The Morgan fingerprint density at radius 1 is 1.15 bits per heavy atom. The second-order valence-electron chi connectivity index (χ2n) is 6.62. The van der Waals surface area contributed by atoms with E-state index in [-0.39, 0.29) is 11.9 Å². The zero-order valence-corrected chi connectivity index (χ0v) is 14.4. The summed E-state index contributed by atoms with van der Waals surface area (Å²) < 4.78 is 15.9. The number of pyridine rings is 1. The van der Waals surface area contributed by atoms with E-state index in [2.05, 4.69) is 20.2 Å². The summed E-state index contributed by atoms with van der Waals surface area (Å²) in [5.74, 6) is -0.334. The smallest absolute Gasteiger partial charge is 0.148 e. The Kier molecular flexibility index (Phi) is 4.73. The first kappa shape index (κ1) is 16.8. The molecule has 7 heteroatoms. The Hall–Kier alpha value is -2.64. The van der Waals surface area contributed by atoms with E-state index in [1.54, 1.807) is 35.3 Å². The minimum Gasteiger partial charge on any atom is -0.327 e. The predicted molar refractivity (Wildman–Crippen MR) is 97.0 cm³/mol. The van der Waals surface area contributed by atoms with Gasteiger partial charge in [-0.05, 0) is 43.7 Å². The van der Waals surface area contributed by atoms with E-state index in [9.17, 15) is 4.39 Å². The minimum atomic E-state index is -0.334. The molecule has 134 valence electrons. The molecule has 3 heterocycles. The van der Waals surface area contributed by atoms with E-state index < -0.39 is 0 Å². The molecule has 3 aromatic rings. The monoisotopic (exact) mass is 352 g/mol. The number of aromatic nitrogens is 4. The minimum absolute atomic E-state index is 0.190. The molecule has 1 aliphatic rings. The fourth-order valence-corrected chi connectivity index (χ4v) is 3.46. The average molecular weight is 352 g/mol. The maximum absolute atomic E-state index is 14.4. The number of para-hydroxylation sites is 1. The topological polar surface area (TPSA) is 72.9 Å². The van der Waals surface area contributed by atoms with Gasteiger partial charge in [-0.1, -0.05) is 17.3 Å². The molecule has 0 radical (unpaired) electrons. The highest BCUT2D eigenvalue weighted by Crippen LogP contribution is 2.27. The van der Waals surface area contributed by atoms with Crippen molar-refractivity contribution in [3.8, 4) is 16.9 Å². The van der Waals surface area contributed by atoms with Crippen LogP contribution in [-0.4, -0.2) is 44.0 Å². The molecule has 2 aromatic heterocycles. The summed E-state index contributed by atoms with van der Waals surface area (Å²) in [5.41, 5.74) is 9.00. The van der Waals surface area contributed by atoms with E-state index in [0.717, 1.165) is 42.9 Å². The number of nitrogens with two attached hydrogens (primary N) is 1. The van der Waals surface area contributed by atoms with Crippen LogP contribution >= 0.6 is 0 Å². The number of benzene rings is 1. The van der Waals surface area contributed by atoms with Crippen LogP contribution in [0.2, 0.25) is 0 Å². The number of piperidine rings is 1. The van der Waals surface area contributed by atoms with Crippen LogP contribution in [0.4, 0.5) is 4.39 Å². The van der Waals surface area contributed by atoms with Gasteiger partial charge in [-0.2, -0.15) is 0 Å². The SMILES string of the molecule is NC1CCCN(Cc2nnn(-c3ccccc3F)c2-c2ccncc2)C1. The lowest BCUT2D eigenvalue weighted by atomic mass is 10.1. The van der Waals surface area contributed by atoms with Gasteiger partial charge in [0.05, 0.1) is 5.69 Å². The third-order valence-electron chi connectivity index (χ3n) is 4.69. The zero-order valence-electron chi connectivity index (χ0n) is 14.4. The molecule has 1 unspecified atom stereocenters. The molecule has 1 aliphatic heterocycles. The van der Waals surface area contributed by atoms with Crippen molar-refractivity contribution < 1.29 is 4.39 Å². The number of hydrogen-bond donors (Lipinski definition) is 1. The molecular formula is C19H21FN6. The maximum Gasteiger partial charge on any atom is 0.148 e. The van der Waals surface area contributed by atoms with Gasteiger partial charge in [-0.25, -0.2) is 9.07 Å². The van der Waals surface area contributed by atoms with Crippen LogP contribution in [0.25, 0.3) is 16.9 Å². The zero-order chi connectivity index (χ0) is 17.9. The molecule has 4 rings (SSSR count). The standard InChI is InChI=1S/C19H21FN6/c20-16-5-1-2-6-18(16)26-19(14-7-9-22-10-8-14)17(23-24-26)13-25-11-3-4-15(21)12-25/h1-2,5-10,15H,3-4,11-13,21H2. The van der Waals surface area contributed by atoms with Gasteiger partial charge in [0.15, 0.2) is 0 Å². The van der Waals surface area contributed by atoms with Gasteiger partial charge >= 0.3 is 0 Å². The third-order valence-corrected chi connectivity index (χ3v) is 4.69. The fourth-order valence-electron chi connectivity index (χ4n) is 3.46. The first-order chi connectivity index (χ1) is 12.7. The number of hydrogen-bond acceptors (Lipinski definition) is 5. The molecule has 0 spiro atoms. The van der Waals surface area contributed by atoms with Crippen molar-refractivity contribution in [2.75, 3.05) is 13.1 Å². The highest BCUT2D eigenvalue weighted by molar-refractivity contribution is 5.63. The van der Waals surface area contributed by atoms with E-state index in [1.165, 1.54) is 6.07 Å².